The van der Waals surface area contributed by atoms with E-state index in [2.05, 4.69) is 31.3 Å². The van der Waals surface area contributed by atoms with E-state index < -0.39 is 0 Å². The molecule has 2 saturated carbocycles. The van der Waals surface area contributed by atoms with E-state index in [9.17, 15) is 0 Å². The molecular formula is C19H28ClN. The van der Waals surface area contributed by atoms with Crippen LogP contribution in [0.2, 0.25) is 5.02 Å². The van der Waals surface area contributed by atoms with Gasteiger partial charge in [-0.1, -0.05) is 50.1 Å². The van der Waals surface area contributed by atoms with Crippen molar-refractivity contribution in [2.45, 2.75) is 46.0 Å². The Kier molecular flexibility index (Phi) is 4.61. The molecule has 3 rings (SSSR count). The van der Waals surface area contributed by atoms with Crippen LogP contribution in [0.5, 0.6) is 0 Å². The molecule has 2 bridgehead atoms. The van der Waals surface area contributed by atoms with Crippen LogP contribution >= 0.6 is 11.6 Å². The Morgan fingerprint density at radius 1 is 1.29 bits per heavy atom. The van der Waals surface area contributed by atoms with Crippen LogP contribution < -0.4 is 5.32 Å². The third-order valence-electron chi connectivity index (χ3n) is 5.63. The normalized spacial score (nSPS) is 31.2. The molecule has 0 amide bonds. The molecule has 0 aliphatic heterocycles. The molecule has 0 aromatic heterocycles. The summed E-state index contributed by atoms with van der Waals surface area (Å²) in [5.41, 5.74) is 1.79. The number of halogens is 1. The number of hydrogen-bond acceptors (Lipinski definition) is 1. The van der Waals surface area contributed by atoms with E-state index in [0.717, 1.165) is 42.3 Å². The van der Waals surface area contributed by atoms with Crippen LogP contribution in [0.15, 0.2) is 24.3 Å². The molecule has 0 radical (unpaired) electrons. The van der Waals surface area contributed by atoms with Gasteiger partial charge in [-0.2, -0.15) is 0 Å². The molecule has 0 saturated heterocycles. The fourth-order valence-electron chi connectivity index (χ4n) is 4.68. The summed E-state index contributed by atoms with van der Waals surface area (Å²) in [4.78, 5) is 0. The second-order valence-corrected chi connectivity index (χ2v) is 8.14. The molecule has 1 aromatic carbocycles. The van der Waals surface area contributed by atoms with Gasteiger partial charge in [-0.05, 0) is 67.0 Å². The van der Waals surface area contributed by atoms with Crippen LogP contribution in [0.3, 0.4) is 0 Å². The highest BCUT2D eigenvalue weighted by atomic mass is 35.5. The van der Waals surface area contributed by atoms with Crippen molar-refractivity contribution in [3.8, 4) is 0 Å². The summed E-state index contributed by atoms with van der Waals surface area (Å²) in [6.07, 6.45) is 6.89. The van der Waals surface area contributed by atoms with E-state index in [4.69, 9.17) is 11.6 Å². The van der Waals surface area contributed by atoms with Gasteiger partial charge in [0.05, 0.1) is 0 Å². The van der Waals surface area contributed by atoms with Crippen LogP contribution in [-0.2, 0) is 6.42 Å². The lowest BCUT2D eigenvalue weighted by Gasteiger charge is -2.39. The molecule has 2 aliphatic rings. The average molecular weight is 306 g/mol. The zero-order valence-corrected chi connectivity index (χ0v) is 14.1. The fraction of sp³-hybridized carbons (Fsp3) is 0.684. The monoisotopic (exact) mass is 305 g/mol. The molecule has 0 heterocycles. The summed E-state index contributed by atoms with van der Waals surface area (Å²) < 4.78 is 0. The minimum absolute atomic E-state index is 0.447. The molecule has 2 heteroatoms. The van der Waals surface area contributed by atoms with E-state index in [-0.39, 0.29) is 0 Å². The lowest BCUT2D eigenvalue weighted by molar-refractivity contribution is 0.155. The number of rotatable bonds is 6. The van der Waals surface area contributed by atoms with Crippen molar-refractivity contribution < 1.29 is 0 Å². The number of fused-ring (bicyclic) bond motifs is 2. The topological polar surface area (TPSA) is 12.0 Å². The van der Waals surface area contributed by atoms with Gasteiger partial charge < -0.3 is 5.32 Å². The molecule has 1 nitrogen and oxygen atoms in total. The van der Waals surface area contributed by atoms with Crippen molar-refractivity contribution in [2.24, 2.45) is 23.2 Å². The number of benzene rings is 1. The zero-order chi connectivity index (χ0) is 14.9. The van der Waals surface area contributed by atoms with E-state index in [1.54, 1.807) is 0 Å². The smallest absolute Gasteiger partial charge is 0.0438 e. The third kappa shape index (κ3) is 3.29. The second-order valence-electron chi connectivity index (χ2n) is 7.74. The Hall–Kier alpha value is -0.530. The highest BCUT2D eigenvalue weighted by Crippen LogP contribution is 2.57. The molecule has 1 aromatic rings. The van der Waals surface area contributed by atoms with Crippen molar-refractivity contribution in [1.82, 2.24) is 5.32 Å². The average Bonchev–Trinajstić information content (AvgIpc) is 3.02. The van der Waals surface area contributed by atoms with Gasteiger partial charge in [-0.15, -0.1) is 0 Å². The van der Waals surface area contributed by atoms with Crippen molar-refractivity contribution in [3.63, 3.8) is 0 Å². The van der Waals surface area contributed by atoms with Gasteiger partial charge in [0.2, 0.25) is 0 Å². The van der Waals surface area contributed by atoms with Gasteiger partial charge in [0.15, 0.2) is 0 Å². The first-order chi connectivity index (χ1) is 10.1. The van der Waals surface area contributed by atoms with Crippen LogP contribution in [0.4, 0.5) is 0 Å². The molecule has 2 fully saturated rings. The largest absolute Gasteiger partial charge is 0.316 e. The Bertz CT molecular complexity index is 484. The van der Waals surface area contributed by atoms with E-state index in [1.165, 1.54) is 31.2 Å². The van der Waals surface area contributed by atoms with E-state index >= 15 is 0 Å². The minimum Gasteiger partial charge on any atom is -0.316 e. The van der Waals surface area contributed by atoms with Crippen LogP contribution in [0.1, 0.15) is 45.1 Å². The third-order valence-corrected chi connectivity index (χ3v) is 6.00. The molecule has 0 spiro atoms. The van der Waals surface area contributed by atoms with Crippen molar-refractivity contribution in [3.05, 3.63) is 34.9 Å². The molecular weight excluding hydrogens is 278 g/mol. The van der Waals surface area contributed by atoms with Gasteiger partial charge >= 0.3 is 0 Å². The van der Waals surface area contributed by atoms with Crippen molar-refractivity contribution in [2.75, 3.05) is 13.1 Å². The molecule has 21 heavy (non-hydrogen) atoms. The lowest BCUT2D eigenvalue weighted by Crippen LogP contribution is -2.41. The number of hydrogen-bond donors (Lipinski definition) is 1. The predicted molar refractivity (Wildman–Crippen MR) is 90.7 cm³/mol. The van der Waals surface area contributed by atoms with Gasteiger partial charge in [0.1, 0.15) is 0 Å². The maximum atomic E-state index is 6.43. The second kappa shape index (κ2) is 6.30. The SMILES string of the molecule is CC(C)CNCC1(Cc2ccccc2Cl)CC2CCC1C2. The highest BCUT2D eigenvalue weighted by molar-refractivity contribution is 6.31. The molecule has 3 atom stereocenters. The summed E-state index contributed by atoms with van der Waals surface area (Å²) >= 11 is 6.43. The van der Waals surface area contributed by atoms with Crippen molar-refractivity contribution >= 4 is 11.6 Å². The Labute approximate surface area is 134 Å². The highest BCUT2D eigenvalue weighted by Gasteiger charge is 2.50. The fourth-order valence-corrected chi connectivity index (χ4v) is 4.89. The maximum Gasteiger partial charge on any atom is 0.0438 e. The van der Waals surface area contributed by atoms with Crippen LogP contribution in [0.25, 0.3) is 0 Å². The Morgan fingerprint density at radius 2 is 2.10 bits per heavy atom. The van der Waals surface area contributed by atoms with E-state index in [1.807, 2.05) is 12.1 Å². The van der Waals surface area contributed by atoms with Gasteiger partial charge in [0.25, 0.3) is 0 Å². The predicted octanol–water partition coefficient (Wildman–Crippen LogP) is 4.93. The summed E-state index contributed by atoms with van der Waals surface area (Å²) in [6, 6.07) is 8.43. The summed E-state index contributed by atoms with van der Waals surface area (Å²) in [7, 11) is 0. The van der Waals surface area contributed by atoms with Gasteiger partial charge in [-0.3, -0.25) is 0 Å². The van der Waals surface area contributed by atoms with Crippen molar-refractivity contribution in [1.29, 1.82) is 0 Å². The summed E-state index contributed by atoms with van der Waals surface area (Å²) in [5, 5.41) is 4.70. The molecule has 2 aliphatic carbocycles. The molecule has 3 unspecified atom stereocenters. The Morgan fingerprint density at radius 3 is 2.71 bits per heavy atom. The molecule has 116 valence electrons. The lowest BCUT2D eigenvalue weighted by atomic mass is 9.69. The zero-order valence-electron chi connectivity index (χ0n) is 13.4. The summed E-state index contributed by atoms with van der Waals surface area (Å²) in [5.74, 6) is 2.60. The minimum atomic E-state index is 0.447. The van der Waals surface area contributed by atoms with Gasteiger partial charge in [0, 0.05) is 11.6 Å². The maximum absolute atomic E-state index is 6.43. The first-order valence-electron chi connectivity index (χ1n) is 8.53. The number of nitrogens with one attached hydrogen (secondary N) is 1. The molecule has 1 N–H and O–H groups in total. The Balaban J connectivity index is 1.75. The van der Waals surface area contributed by atoms with Crippen LogP contribution in [-0.4, -0.2) is 13.1 Å². The standard InChI is InChI=1S/C19H28ClN/c1-14(2)12-21-13-19(10-15-7-8-17(19)9-15)11-16-5-3-4-6-18(16)20/h3-6,14-15,17,21H,7-13H2,1-2H3. The summed E-state index contributed by atoms with van der Waals surface area (Å²) in [6.45, 7) is 6.86. The van der Waals surface area contributed by atoms with Gasteiger partial charge in [-0.25, -0.2) is 0 Å². The van der Waals surface area contributed by atoms with E-state index in [0.29, 0.717) is 5.41 Å². The quantitative estimate of drug-likeness (QED) is 0.785. The van der Waals surface area contributed by atoms with Crippen LogP contribution in [0, 0.1) is 23.2 Å². The first kappa shape index (κ1) is 15.4. The first-order valence-corrected chi connectivity index (χ1v) is 8.91.